The minimum Gasteiger partial charge on any atom is -0.317 e. The lowest BCUT2D eigenvalue weighted by atomic mass is 10.1. The van der Waals surface area contributed by atoms with Gasteiger partial charge in [-0.15, -0.1) is 0 Å². The quantitative estimate of drug-likeness (QED) is 0.821. The van der Waals surface area contributed by atoms with Crippen LogP contribution in [0.25, 0.3) is 0 Å². The van der Waals surface area contributed by atoms with Crippen LogP contribution in [0.15, 0.2) is 18.2 Å². The van der Waals surface area contributed by atoms with Crippen molar-refractivity contribution in [3.05, 3.63) is 33.8 Å². The van der Waals surface area contributed by atoms with Crippen LogP contribution in [-0.4, -0.2) is 13.1 Å². The molecule has 1 rings (SSSR count). The van der Waals surface area contributed by atoms with E-state index in [9.17, 15) is 0 Å². The van der Waals surface area contributed by atoms with Gasteiger partial charge in [0.1, 0.15) is 0 Å². The molecule has 0 saturated carbocycles. The molecule has 1 atom stereocenters. The van der Waals surface area contributed by atoms with Crippen molar-refractivity contribution in [2.75, 3.05) is 7.05 Å². The summed E-state index contributed by atoms with van der Waals surface area (Å²) in [6.07, 6.45) is 0.856. The van der Waals surface area contributed by atoms with Gasteiger partial charge in [0.05, 0.1) is 0 Å². The van der Waals surface area contributed by atoms with Gasteiger partial charge in [-0.25, -0.2) is 0 Å². The van der Waals surface area contributed by atoms with Crippen molar-refractivity contribution < 1.29 is 0 Å². The lowest BCUT2D eigenvalue weighted by Gasteiger charge is -2.12. The van der Waals surface area contributed by atoms with E-state index < -0.39 is 0 Å². The van der Waals surface area contributed by atoms with E-state index in [0.717, 1.165) is 22.0 Å². The SMILES string of the molecule is CNC(C)Cc1c(Cl)cccc1Cl. The Kier molecular flexibility index (Phi) is 4.04. The van der Waals surface area contributed by atoms with Crippen LogP contribution < -0.4 is 5.32 Å². The molecule has 0 bridgehead atoms. The van der Waals surface area contributed by atoms with Crippen LogP contribution in [0.1, 0.15) is 12.5 Å². The highest BCUT2D eigenvalue weighted by molar-refractivity contribution is 6.35. The fourth-order valence-electron chi connectivity index (χ4n) is 1.14. The second-order valence-electron chi connectivity index (χ2n) is 3.09. The topological polar surface area (TPSA) is 12.0 Å². The normalized spacial score (nSPS) is 12.9. The smallest absolute Gasteiger partial charge is 0.0453 e. The fraction of sp³-hybridized carbons (Fsp3) is 0.400. The predicted octanol–water partition coefficient (Wildman–Crippen LogP) is 3.14. The van der Waals surface area contributed by atoms with Crippen LogP contribution in [0.2, 0.25) is 10.0 Å². The van der Waals surface area contributed by atoms with Crippen molar-refractivity contribution in [2.24, 2.45) is 0 Å². The van der Waals surface area contributed by atoms with Crippen molar-refractivity contribution in [1.82, 2.24) is 5.32 Å². The van der Waals surface area contributed by atoms with Gasteiger partial charge in [0.2, 0.25) is 0 Å². The minimum atomic E-state index is 0.386. The third-order valence-electron chi connectivity index (χ3n) is 2.06. The van der Waals surface area contributed by atoms with Gasteiger partial charge in [0.15, 0.2) is 0 Å². The molecule has 1 aromatic rings. The number of likely N-dealkylation sites (N-methyl/N-ethyl adjacent to an activating group) is 1. The van der Waals surface area contributed by atoms with Crippen LogP contribution in [0.4, 0.5) is 0 Å². The Balaban J connectivity index is 2.87. The third kappa shape index (κ3) is 2.87. The predicted molar refractivity (Wildman–Crippen MR) is 58.7 cm³/mol. The molecule has 72 valence electrons. The second-order valence-corrected chi connectivity index (χ2v) is 3.91. The summed E-state index contributed by atoms with van der Waals surface area (Å²) in [5, 5.41) is 4.64. The molecule has 0 aromatic heterocycles. The van der Waals surface area contributed by atoms with E-state index in [1.165, 1.54) is 0 Å². The van der Waals surface area contributed by atoms with Crippen molar-refractivity contribution >= 4 is 23.2 Å². The first-order valence-electron chi connectivity index (χ1n) is 4.25. The average Bonchev–Trinajstić information content (AvgIpc) is 2.11. The maximum absolute atomic E-state index is 6.02. The van der Waals surface area contributed by atoms with Crippen molar-refractivity contribution in [2.45, 2.75) is 19.4 Å². The molecule has 0 fully saturated rings. The number of rotatable bonds is 3. The van der Waals surface area contributed by atoms with Gasteiger partial charge in [-0.2, -0.15) is 0 Å². The summed E-state index contributed by atoms with van der Waals surface area (Å²) in [6, 6.07) is 5.98. The number of hydrogen-bond donors (Lipinski definition) is 1. The van der Waals surface area contributed by atoms with E-state index in [-0.39, 0.29) is 0 Å². The Bertz CT molecular complexity index is 266. The Morgan fingerprint density at radius 2 is 1.85 bits per heavy atom. The molecule has 0 saturated heterocycles. The molecule has 1 nitrogen and oxygen atoms in total. The van der Waals surface area contributed by atoms with Crippen molar-refractivity contribution in [3.63, 3.8) is 0 Å². The molecule has 3 heteroatoms. The highest BCUT2D eigenvalue weighted by atomic mass is 35.5. The molecule has 0 heterocycles. The fourth-order valence-corrected chi connectivity index (χ4v) is 1.69. The van der Waals surface area contributed by atoms with Crippen LogP contribution in [0.3, 0.4) is 0 Å². The molecule has 13 heavy (non-hydrogen) atoms. The largest absolute Gasteiger partial charge is 0.317 e. The summed E-state index contributed by atoms with van der Waals surface area (Å²) >= 11 is 12.0. The summed E-state index contributed by atoms with van der Waals surface area (Å²) in [5.41, 5.74) is 1.02. The van der Waals surface area contributed by atoms with Crippen molar-refractivity contribution in [1.29, 1.82) is 0 Å². The highest BCUT2D eigenvalue weighted by Gasteiger charge is 2.08. The first-order chi connectivity index (χ1) is 6.15. The Labute approximate surface area is 89.0 Å². The third-order valence-corrected chi connectivity index (χ3v) is 2.77. The molecule has 0 radical (unpaired) electrons. The monoisotopic (exact) mass is 217 g/mol. The zero-order chi connectivity index (χ0) is 9.84. The van der Waals surface area contributed by atoms with Gasteiger partial charge in [-0.1, -0.05) is 29.3 Å². The summed E-state index contributed by atoms with van der Waals surface area (Å²) < 4.78 is 0. The summed E-state index contributed by atoms with van der Waals surface area (Å²) in [7, 11) is 1.93. The number of hydrogen-bond acceptors (Lipinski definition) is 1. The number of halogens is 2. The maximum atomic E-state index is 6.02. The standard InChI is InChI=1S/C10H13Cl2N/c1-7(13-2)6-8-9(11)4-3-5-10(8)12/h3-5,7,13H,6H2,1-2H3. The van der Waals surface area contributed by atoms with E-state index in [4.69, 9.17) is 23.2 Å². The zero-order valence-corrected chi connectivity index (χ0v) is 9.28. The Hall–Kier alpha value is -0.240. The Morgan fingerprint density at radius 3 is 2.31 bits per heavy atom. The zero-order valence-electron chi connectivity index (χ0n) is 7.77. The molecule has 0 aliphatic rings. The molecule has 1 unspecified atom stereocenters. The van der Waals surface area contributed by atoms with E-state index in [2.05, 4.69) is 12.2 Å². The van der Waals surface area contributed by atoms with Gasteiger partial charge in [-0.3, -0.25) is 0 Å². The first-order valence-corrected chi connectivity index (χ1v) is 5.01. The number of benzene rings is 1. The van der Waals surface area contributed by atoms with E-state index in [0.29, 0.717) is 6.04 Å². The molecular formula is C10H13Cl2N. The minimum absolute atomic E-state index is 0.386. The molecule has 1 N–H and O–H groups in total. The summed E-state index contributed by atoms with van der Waals surface area (Å²) in [4.78, 5) is 0. The van der Waals surface area contributed by atoms with Gasteiger partial charge in [0.25, 0.3) is 0 Å². The number of nitrogens with one attached hydrogen (secondary N) is 1. The molecule has 1 aromatic carbocycles. The second kappa shape index (κ2) is 4.85. The van der Waals surface area contributed by atoms with Crippen LogP contribution in [-0.2, 0) is 6.42 Å². The highest BCUT2D eigenvalue weighted by Crippen LogP contribution is 2.25. The summed E-state index contributed by atoms with van der Waals surface area (Å²) in [6.45, 7) is 2.10. The van der Waals surface area contributed by atoms with E-state index >= 15 is 0 Å². The molecule has 0 spiro atoms. The lowest BCUT2D eigenvalue weighted by Crippen LogP contribution is -2.23. The van der Waals surface area contributed by atoms with Gasteiger partial charge in [0, 0.05) is 16.1 Å². The molecule has 0 amide bonds. The van der Waals surface area contributed by atoms with Crippen LogP contribution in [0, 0.1) is 0 Å². The van der Waals surface area contributed by atoms with Crippen molar-refractivity contribution in [3.8, 4) is 0 Å². The van der Waals surface area contributed by atoms with Gasteiger partial charge < -0.3 is 5.32 Å². The van der Waals surface area contributed by atoms with E-state index in [1.54, 1.807) is 0 Å². The molecule has 0 aliphatic heterocycles. The van der Waals surface area contributed by atoms with E-state index in [1.807, 2.05) is 25.2 Å². The van der Waals surface area contributed by atoms with Gasteiger partial charge in [-0.05, 0) is 38.1 Å². The summed E-state index contributed by atoms with van der Waals surface area (Å²) in [5.74, 6) is 0. The molecule has 0 aliphatic carbocycles. The van der Waals surface area contributed by atoms with Crippen LogP contribution >= 0.6 is 23.2 Å². The maximum Gasteiger partial charge on any atom is 0.0453 e. The van der Waals surface area contributed by atoms with Gasteiger partial charge >= 0.3 is 0 Å². The lowest BCUT2D eigenvalue weighted by molar-refractivity contribution is 0.609. The Morgan fingerprint density at radius 1 is 1.31 bits per heavy atom. The average molecular weight is 218 g/mol. The first kappa shape index (κ1) is 10.8. The van der Waals surface area contributed by atoms with Crippen LogP contribution in [0.5, 0.6) is 0 Å². The molecular weight excluding hydrogens is 205 g/mol.